The third-order valence-corrected chi connectivity index (χ3v) is 5.19. The van der Waals surface area contributed by atoms with Crippen molar-refractivity contribution in [1.82, 2.24) is 15.1 Å². The monoisotopic (exact) mass is 367 g/mol. The fraction of sp³-hybridized carbons (Fsp3) is 0.900. The van der Waals surface area contributed by atoms with Gasteiger partial charge < -0.3 is 19.9 Å². The number of carbonyl (C=O) groups is 2. The molecule has 26 heavy (non-hydrogen) atoms. The summed E-state index contributed by atoms with van der Waals surface area (Å²) in [5.41, 5.74) is -0.513. The minimum absolute atomic E-state index is 0.126. The van der Waals surface area contributed by atoms with Crippen molar-refractivity contribution in [2.75, 3.05) is 39.3 Å². The zero-order valence-corrected chi connectivity index (χ0v) is 16.9. The first kappa shape index (κ1) is 21.0. The van der Waals surface area contributed by atoms with Gasteiger partial charge in [-0.1, -0.05) is 19.3 Å². The molecule has 0 aromatic carbocycles. The molecule has 0 aromatic rings. The number of ether oxygens (including phenoxy) is 1. The Balaban J connectivity index is 1.65. The Morgan fingerprint density at radius 1 is 1.00 bits per heavy atom. The van der Waals surface area contributed by atoms with Gasteiger partial charge >= 0.3 is 6.09 Å². The minimum Gasteiger partial charge on any atom is -0.444 e. The van der Waals surface area contributed by atoms with Crippen molar-refractivity contribution in [2.45, 2.75) is 71.3 Å². The summed E-state index contributed by atoms with van der Waals surface area (Å²) in [5, 5.41) is 2.67. The number of rotatable bonds is 5. The Hall–Kier alpha value is -1.30. The number of hydrogen-bond acceptors (Lipinski definition) is 4. The van der Waals surface area contributed by atoms with E-state index in [9.17, 15) is 9.59 Å². The predicted octanol–water partition coefficient (Wildman–Crippen LogP) is 3.02. The molecule has 1 saturated carbocycles. The van der Waals surface area contributed by atoms with Crippen molar-refractivity contribution in [3.8, 4) is 0 Å². The fourth-order valence-electron chi connectivity index (χ4n) is 3.88. The summed E-state index contributed by atoms with van der Waals surface area (Å²) in [6, 6.07) is 0. The van der Waals surface area contributed by atoms with Crippen LogP contribution in [0.5, 0.6) is 0 Å². The highest BCUT2D eigenvalue weighted by Gasteiger charge is 2.22. The molecule has 1 aliphatic heterocycles. The quantitative estimate of drug-likeness (QED) is 0.811. The summed E-state index contributed by atoms with van der Waals surface area (Å²) in [4.78, 5) is 28.6. The molecule has 0 spiro atoms. The van der Waals surface area contributed by atoms with Crippen LogP contribution < -0.4 is 5.32 Å². The Labute approximate surface area is 158 Å². The van der Waals surface area contributed by atoms with Crippen molar-refractivity contribution < 1.29 is 14.3 Å². The summed E-state index contributed by atoms with van der Waals surface area (Å²) in [5.74, 6) is 0.976. The first-order valence-corrected chi connectivity index (χ1v) is 10.3. The maximum Gasteiger partial charge on any atom is 0.407 e. The molecule has 1 N–H and O–H groups in total. The summed E-state index contributed by atoms with van der Waals surface area (Å²) < 4.78 is 5.19. The van der Waals surface area contributed by atoms with Gasteiger partial charge in [-0.25, -0.2) is 4.79 Å². The first-order chi connectivity index (χ1) is 12.3. The zero-order valence-electron chi connectivity index (χ0n) is 16.9. The molecule has 1 aliphatic carbocycles. The molecule has 0 bridgehead atoms. The maximum absolute atomic E-state index is 12.4. The lowest BCUT2D eigenvalue weighted by atomic mass is 9.89. The SMILES string of the molecule is CC(C)(C)OC(=O)NCCC(=O)N1CCCN(CC2CCCCC2)CC1. The van der Waals surface area contributed by atoms with Crippen molar-refractivity contribution in [1.29, 1.82) is 0 Å². The number of alkyl carbamates (subject to hydrolysis) is 1. The summed E-state index contributed by atoms with van der Waals surface area (Å²) >= 11 is 0. The van der Waals surface area contributed by atoms with Gasteiger partial charge in [0.1, 0.15) is 5.60 Å². The molecule has 6 heteroatoms. The smallest absolute Gasteiger partial charge is 0.407 e. The van der Waals surface area contributed by atoms with Crippen LogP contribution in [-0.4, -0.2) is 66.7 Å². The highest BCUT2D eigenvalue weighted by molar-refractivity contribution is 5.77. The van der Waals surface area contributed by atoms with Crippen LogP contribution in [0.4, 0.5) is 4.79 Å². The molecule has 0 aromatic heterocycles. The van der Waals surface area contributed by atoms with Gasteiger partial charge in [-0.3, -0.25) is 4.79 Å². The Bertz CT molecular complexity index is 456. The van der Waals surface area contributed by atoms with Gasteiger partial charge in [0.25, 0.3) is 0 Å². The molecular weight excluding hydrogens is 330 g/mol. The van der Waals surface area contributed by atoms with Gasteiger partial charge in [0.05, 0.1) is 0 Å². The molecule has 2 aliphatic rings. The van der Waals surface area contributed by atoms with E-state index < -0.39 is 11.7 Å². The Kier molecular flexibility index (Phi) is 8.19. The van der Waals surface area contributed by atoms with Crippen LogP contribution in [0.25, 0.3) is 0 Å². The number of amides is 2. The predicted molar refractivity (Wildman–Crippen MR) is 103 cm³/mol. The molecule has 2 rings (SSSR count). The van der Waals surface area contributed by atoms with Gasteiger partial charge in [0.2, 0.25) is 5.91 Å². The van der Waals surface area contributed by atoms with E-state index >= 15 is 0 Å². The average Bonchev–Trinajstić information content (AvgIpc) is 2.80. The van der Waals surface area contributed by atoms with E-state index in [0.29, 0.717) is 13.0 Å². The molecule has 0 atom stereocenters. The molecule has 0 radical (unpaired) electrons. The van der Waals surface area contributed by atoms with Crippen molar-refractivity contribution >= 4 is 12.0 Å². The lowest BCUT2D eigenvalue weighted by molar-refractivity contribution is -0.130. The molecule has 1 heterocycles. The molecule has 6 nitrogen and oxygen atoms in total. The minimum atomic E-state index is -0.513. The van der Waals surface area contributed by atoms with E-state index in [0.717, 1.165) is 38.5 Å². The average molecular weight is 368 g/mol. The molecule has 150 valence electrons. The van der Waals surface area contributed by atoms with Crippen LogP contribution in [0.2, 0.25) is 0 Å². The van der Waals surface area contributed by atoms with E-state index in [1.807, 2.05) is 25.7 Å². The third-order valence-electron chi connectivity index (χ3n) is 5.19. The zero-order chi connectivity index (χ0) is 19.0. The van der Waals surface area contributed by atoms with Gasteiger partial charge in [-0.05, 0) is 52.5 Å². The largest absolute Gasteiger partial charge is 0.444 e. The summed E-state index contributed by atoms with van der Waals surface area (Å²) in [6.07, 6.45) is 7.82. The first-order valence-electron chi connectivity index (χ1n) is 10.3. The van der Waals surface area contributed by atoms with Crippen LogP contribution in [0.1, 0.15) is 65.7 Å². The Morgan fingerprint density at radius 3 is 2.42 bits per heavy atom. The normalized spacial score (nSPS) is 20.5. The van der Waals surface area contributed by atoms with Crippen LogP contribution >= 0.6 is 0 Å². The second kappa shape index (κ2) is 10.1. The summed E-state index contributed by atoms with van der Waals surface area (Å²) in [6.45, 7) is 10.7. The lowest BCUT2D eigenvalue weighted by Crippen LogP contribution is -2.39. The van der Waals surface area contributed by atoms with E-state index in [-0.39, 0.29) is 5.91 Å². The van der Waals surface area contributed by atoms with Gasteiger partial charge in [0.15, 0.2) is 0 Å². The number of hydrogen-bond donors (Lipinski definition) is 1. The number of carbonyl (C=O) groups excluding carboxylic acids is 2. The van der Waals surface area contributed by atoms with Crippen molar-refractivity contribution in [3.05, 3.63) is 0 Å². The van der Waals surface area contributed by atoms with Crippen LogP contribution in [0.3, 0.4) is 0 Å². The fourth-order valence-corrected chi connectivity index (χ4v) is 3.88. The molecule has 0 unspecified atom stereocenters. The topological polar surface area (TPSA) is 61.9 Å². The molecule has 1 saturated heterocycles. The highest BCUT2D eigenvalue weighted by atomic mass is 16.6. The maximum atomic E-state index is 12.4. The van der Waals surface area contributed by atoms with Crippen LogP contribution in [0.15, 0.2) is 0 Å². The van der Waals surface area contributed by atoms with E-state index in [4.69, 9.17) is 4.74 Å². The van der Waals surface area contributed by atoms with E-state index in [2.05, 4.69) is 10.2 Å². The number of nitrogens with zero attached hydrogens (tertiary/aromatic N) is 2. The summed E-state index contributed by atoms with van der Waals surface area (Å²) in [7, 11) is 0. The van der Waals surface area contributed by atoms with E-state index in [1.165, 1.54) is 38.6 Å². The number of nitrogens with one attached hydrogen (secondary N) is 1. The van der Waals surface area contributed by atoms with Crippen LogP contribution in [-0.2, 0) is 9.53 Å². The van der Waals surface area contributed by atoms with Gasteiger partial charge in [-0.15, -0.1) is 0 Å². The highest BCUT2D eigenvalue weighted by Crippen LogP contribution is 2.24. The molecule has 2 amide bonds. The van der Waals surface area contributed by atoms with Gasteiger partial charge in [0, 0.05) is 39.1 Å². The molecule has 2 fully saturated rings. The van der Waals surface area contributed by atoms with Crippen LogP contribution in [0, 0.1) is 5.92 Å². The third kappa shape index (κ3) is 7.94. The van der Waals surface area contributed by atoms with E-state index in [1.54, 1.807) is 0 Å². The lowest BCUT2D eigenvalue weighted by Gasteiger charge is -2.28. The standard InChI is InChI=1S/C20H37N3O3/c1-20(2,3)26-19(25)21-11-10-18(24)23-13-7-12-22(14-15-23)16-17-8-5-4-6-9-17/h17H,4-16H2,1-3H3,(H,21,25). The second-order valence-corrected chi connectivity index (χ2v) is 8.72. The van der Waals surface area contributed by atoms with Crippen molar-refractivity contribution in [3.63, 3.8) is 0 Å². The van der Waals surface area contributed by atoms with Gasteiger partial charge in [-0.2, -0.15) is 0 Å². The van der Waals surface area contributed by atoms with Crippen molar-refractivity contribution in [2.24, 2.45) is 5.92 Å². The molecular formula is C20H37N3O3. The second-order valence-electron chi connectivity index (χ2n) is 8.72. The Morgan fingerprint density at radius 2 is 1.73 bits per heavy atom.